The van der Waals surface area contributed by atoms with Crippen molar-refractivity contribution in [1.82, 2.24) is 24.1 Å². The third kappa shape index (κ3) is 3.26. The minimum absolute atomic E-state index is 0.837. The summed E-state index contributed by atoms with van der Waals surface area (Å²) in [6.07, 6.45) is 11.3. The zero-order valence-corrected chi connectivity index (χ0v) is 13.8. The number of benzene rings is 1. The minimum atomic E-state index is 0.837. The molecule has 0 aliphatic carbocycles. The zero-order chi connectivity index (χ0) is 17.1. The average molecular weight is 327 g/mol. The van der Waals surface area contributed by atoms with Crippen molar-refractivity contribution in [2.75, 3.05) is 0 Å². The summed E-state index contributed by atoms with van der Waals surface area (Å²) in [7, 11) is 1.99. The minimum Gasteiger partial charge on any atom is -0.334 e. The van der Waals surface area contributed by atoms with Crippen LogP contribution in [0.4, 0.5) is 0 Å². The highest BCUT2D eigenvalue weighted by atomic mass is 15.1. The van der Waals surface area contributed by atoms with E-state index in [1.54, 1.807) is 12.5 Å². The van der Waals surface area contributed by atoms with Crippen LogP contribution in [0.25, 0.3) is 29.2 Å². The predicted molar refractivity (Wildman–Crippen MR) is 98.9 cm³/mol. The van der Waals surface area contributed by atoms with Gasteiger partial charge in [0.1, 0.15) is 18.0 Å². The molecule has 25 heavy (non-hydrogen) atoms. The van der Waals surface area contributed by atoms with Gasteiger partial charge in [-0.3, -0.25) is 4.57 Å². The Morgan fingerprint density at radius 3 is 2.60 bits per heavy atom. The number of hydrogen-bond donors (Lipinski definition) is 0. The lowest BCUT2D eigenvalue weighted by atomic mass is 10.2. The molecular formula is C20H17N5. The second kappa shape index (κ2) is 6.57. The largest absolute Gasteiger partial charge is 0.334 e. The van der Waals surface area contributed by atoms with Gasteiger partial charge in [-0.15, -0.1) is 0 Å². The number of aryl methyl sites for hydroxylation is 1. The Bertz CT molecular complexity index is 998. The molecule has 4 rings (SSSR count). The van der Waals surface area contributed by atoms with Gasteiger partial charge in [-0.1, -0.05) is 36.4 Å². The van der Waals surface area contributed by atoms with Gasteiger partial charge in [0.2, 0.25) is 0 Å². The first-order valence-electron chi connectivity index (χ1n) is 8.02. The van der Waals surface area contributed by atoms with Crippen molar-refractivity contribution in [3.63, 3.8) is 0 Å². The van der Waals surface area contributed by atoms with Gasteiger partial charge in [-0.25, -0.2) is 15.0 Å². The van der Waals surface area contributed by atoms with Crippen LogP contribution in [0, 0.1) is 0 Å². The monoisotopic (exact) mass is 327 g/mol. The Labute approximate surface area is 146 Å². The first kappa shape index (κ1) is 15.1. The van der Waals surface area contributed by atoms with E-state index in [4.69, 9.17) is 4.98 Å². The highest BCUT2D eigenvalue weighted by molar-refractivity contribution is 5.68. The van der Waals surface area contributed by atoms with E-state index >= 15 is 0 Å². The number of nitrogens with zero attached hydrogens (tertiary/aromatic N) is 5. The van der Waals surface area contributed by atoms with E-state index < -0.39 is 0 Å². The summed E-state index contributed by atoms with van der Waals surface area (Å²) >= 11 is 0. The molecule has 122 valence electrons. The summed E-state index contributed by atoms with van der Waals surface area (Å²) in [5.41, 5.74) is 2.94. The molecule has 0 amide bonds. The number of aromatic nitrogens is 5. The lowest BCUT2D eigenvalue weighted by Crippen LogP contribution is -1.95. The molecule has 0 saturated heterocycles. The standard InChI is InChI=1S/C20H17N5/c1-24-14-18(16-6-3-2-4-7-16)23-19(24)11-10-17-8-5-9-20(22-17)25-13-12-21-15-25/h2-15H,1H3/b11-10+. The maximum atomic E-state index is 4.70. The van der Waals surface area contributed by atoms with E-state index in [1.165, 1.54) is 0 Å². The summed E-state index contributed by atoms with van der Waals surface area (Å²) in [4.78, 5) is 13.4. The molecule has 0 radical (unpaired) electrons. The van der Waals surface area contributed by atoms with Crippen molar-refractivity contribution >= 4 is 12.2 Å². The van der Waals surface area contributed by atoms with Crippen molar-refractivity contribution in [3.8, 4) is 17.1 Å². The smallest absolute Gasteiger partial charge is 0.138 e. The maximum absolute atomic E-state index is 4.70. The number of imidazole rings is 2. The van der Waals surface area contributed by atoms with Crippen molar-refractivity contribution in [2.45, 2.75) is 0 Å². The lowest BCUT2D eigenvalue weighted by molar-refractivity contribution is 0.898. The first-order chi connectivity index (χ1) is 12.3. The zero-order valence-electron chi connectivity index (χ0n) is 13.8. The maximum Gasteiger partial charge on any atom is 0.138 e. The second-order valence-electron chi connectivity index (χ2n) is 5.69. The number of pyridine rings is 1. The SMILES string of the molecule is Cn1cc(-c2ccccc2)nc1/C=C/c1cccc(-n2ccnc2)n1. The number of hydrogen-bond acceptors (Lipinski definition) is 3. The molecule has 0 spiro atoms. The van der Waals surface area contributed by atoms with Gasteiger partial charge >= 0.3 is 0 Å². The van der Waals surface area contributed by atoms with Gasteiger partial charge in [-0.2, -0.15) is 0 Å². The lowest BCUT2D eigenvalue weighted by Gasteiger charge is -2.01. The van der Waals surface area contributed by atoms with Gasteiger partial charge in [0.15, 0.2) is 0 Å². The van der Waals surface area contributed by atoms with Crippen LogP contribution < -0.4 is 0 Å². The van der Waals surface area contributed by atoms with Crippen molar-refractivity contribution in [3.05, 3.63) is 85.0 Å². The molecule has 4 aromatic rings. The number of rotatable bonds is 4. The van der Waals surface area contributed by atoms with Crippen LogP contribution in [0.1, 0.15) is 11.5 Å². The summed E-state index contributed by atoms with van der Waals surface area (Å²) in [6.45, 7) is 0. The summed E-state index contributed by atoms with van der Waals surface area (Å²) in [6, 6.07) is 16.1. The molecule has 0 saturated carbocycles. The van der Waals surface area contributed by atoms with E-state index in [2.05, 4.69) is 22.1 Å². The van der Waals surface area contributed by atoms with E-state index in [1.807, 2.05) is 77.1 Å². The Morgan fingerprint density at radius 1 is 0.920 bits per heavy atom. The molecule has 5 nitrogen and oxygen atoms in total. The molecule has 0 aliphatic heterocycles. The van der Waals surface area contributed by atoms with Gasteiger partial charge in [0, 0.05) is 31.2 Å². The molecule has 0 fully saturated rings. The Kier molecular flexibility index (Phi) is 3.96. The highest BCUT2D eigenvalue weighted by Crippen LogP contribution is 2.18. The Morgan fingerprint density at radius 2 is 1.80 bits per heavy atom. The normalized spacial score (nSPS) is 11.2. The van der Waals surface area contributed by atoms with Crippen LogP contribution in [0.3, 0.4) is 0 Å². The molecule has 5 heteroatoms. The van der Waals surface area contributed by atoms with Gasteiger partial charge < -0.3 is 4.57 Å². The fourth-order valence-corrected chi connectivity index (χ4v) is 2.61. The van der Waals surface area contributed by atoms with Gasteiger partial charge in [-0.05, 0) is 24.3 Å². The molecule has 0 unspecified atom stereocenters. The van der Waals surface area contributed by atoms with Crippen LogP contribution in [-0.4, -0.2) is 24.1 Å². The van der Waals surface area contributed by atoms with Crippen LogP contribution in [0.5, 0.6) is 0 Å². The molecule has 0 N–H and O–H groups in total. The van der Waals surface area contributed by atoms with Crippen molar-refractivity contribution in [1.29, 1.82) is 0 Å². The van der Waals surface area contributed by atoms with Crippen molar-refractivity contribution < 1.29 is 0 Å². The van der Waals surface area contributed by atoms with Crippen LogP contribution in [-0.2, 0) is 7.05 Å². The third-order valence-corrected chi connectivity index (χ3v) is 3.91. The second-order valence-corrected chi connectivity index (χ2v) is 5.69. The molecule has 1 aromatic carbocycles. The fourth-order valence-electron chi connectivity index (χ4n) is 2.61. The Hall–Kier alpha value is -3.47. The fraction of sp³-hybridized carbons (Fsp3) is 0.0500. The first-order valence-corrected chi connectivity index (χ1v) is 8.02. The predicted octanol–water partition coefficient (Wildman–Crippen LogP) is 3.84. The molecule has 3 aromatic heterocycles. The van der Waals surface area contributed by atoms with Crippen LogP contribution in [0.2, 0.25) is 0 Å². The molecule has 3 heterocycles. The van der Waals surface area contributed by atoms with E-state index in [9.17, 15) is 0 Å². The highest BCUT2D eigenvalue weighted by Gasteiger charge is 2.05. The van der Waals surface area contributed by atoms with Crippen LogP contribution >= 0.6 is 0 Å². The van der Waals surface area contributed by atoms with E-state index in [0.717, 1.165) is 28.6 Å². The quantitative estimate of drug-likeness (QED) is 0.572. The molecular weight excluding hydrogens is 310 g/mol. The Balaban J connectivity index is 1.60. The van der Waals surface area contributed by atoms with Gasteiger partial charge in [0.05, 0.1) is 11.4 Å². The van der Waals surface area contributed by atoms with Crippen LogP contribution in [0.15, 0.2) is 73.4 Å². The van der Waals surface area contributed by atoms with Crippen molar-refractivity contribution in [2.24, 2.45) is 7.05 Å². The molecule has 0 aliphatic rings. The summed E-state index contributed by atoms with van der Waals surface area (Å²) < 4.78 is 3.89. The van der Waals surface area contributed by atoms with E-state index in [-0.39, 0.29) is 0 Å². The topological polar surface area (TPSA) is 48.5 Å². The third-order valence-electron chi connectivity index (χ3n) is 3.91. The average Bonchev–Trinajstić information content (AvgIpc) is 3.31. The van der Waals surface area contributed by atoms with Gasteiger partial charge in [0.25, 0.3) is 0 Å². The van der Waals surface area contributed by atoms with E-state index in [0.29, 0.717) is 0 Å². The summed E-state index contributed by atoms with van der Waals surface area (Å²) in [5, 5.41) is 0. The molecule has 0 atom stereocenters. The molecule has 0 bridgehead atoms. The summed E-state index contributed by atoms with van der Waals surface area (Å²) in [5.74, 6) is 1.72.